The molecule has 0 aliphatic rings. The predicted molar refractivity (Wildman–Crippen MR) is 50.3 cm³/mol. The van der Waals surface area contributed by atoms with Crippen molar-refractivity contribution >= 4 is 0 Å². The van der Waals surface area contributed by atoms with Gasteiger partial charge in [0, 0.05) is 6.42 Å². The van der Waals surface area contributed by atoms with Crippen molar-refractivity contribution < 1.29 is 27.4 Å². The van der Waals surface area contributed by atoms with Crippen molar-refractivity contribution in [1.82, 2.24) is 20.2 Å². The lowest BCUT2D eigenvalue weighted by molar-refractivity contribution is -0.170. The second-order valence-electron chi connectivity index (χ2n) is 3.63. The fraction of sp³-hybridized carbons (Fsp3) is 0.875. The lowest BCUT2D eigenvalue weighted by Crippen LogP contribution is -2.34. The molecule has 1 rings (SSSR count). The Morgan fingerprint density at radius 1 is 1.44 bits per heavy atom. The number of aromatic nitrogens is 4. The summed E-state index contributed by atoms with van der Waals surface area (Å²) in [5.74, 6) is -4.01. The summed E-state index contributed by atoms with van der Waals surface area (Å²) >= 11 is 0. The van der Waals surface area contributed by atoms with Crippen LogP contribution in [0, 0.1) is 0 Å². The third kappa shape index (κ3) is 4.53. The molecular weight excluding hydrogens is 260 g/mol. The molecule has 0 saturated heterocycles. The quantitative estimate of drug-likeness (QED) is 0.709. The molecule has 0 aliphatic carbocycles. The molecule has 0 saturated carbocycles. The van der Waals surface area contributed by atoms with Crippen LogP contribution in [0.5, 0.6) is 0 Å². The summed E-state index contributed by atoms with van der Waals surface area (Å²) in [5.41, 5.74) is 0. The lowest BCUT2D eigenvalue weighted by atomic mass is 10.2. The van der Waals surface area contributed by atoms with Crippen molar-refractivity contribution in [3.8, 4) is 0 Å². The molecular formula is C8H12F4N4O2. The van der Waals surface area contributed by atoms with Crippen LogP contribution in [0.2, 0.25) is 0 Å². The molecule has 0 spiro atoms. The van der Waals surface area contributed by atoms with Crippen LogP contribution in [0.1, 0.15) is 5.82 Å². The van der Waals surface area contributed by atoms with Gasteiger partial charge in [0.05, 0.1) is 19.8 Å². The van der Waals surface area contributed by atoms with E-state index in [-0.39, 0.29) is 12.2 Å². The molecule has 0 bridgehead atoms. The van der Waals surface area contributed by atoms with Gasteiger partial charge in [-0.1, -0.05) is 0 Å². The molecule has 1 aromatic heterocycles. The molecule has 1 aromatic rings. The highest BCUT2D eigenvalue weighted by Gasteiger charge is 2.41. The van der Waals surface area contributed by atoms with Crippen molar-refractivity contribution in [2.24, 2.45) is 7.05 Å². The van der Waals surface area contributed by atoms with Crippen LogP contribution in [0.25, 0.3) is 0 Å². The van der Waals surface area contributed by atoms with E-state index in [0.717, 1.165) is 4.80 Å². The molecule has 18 heavy (non-hydrogen) atoms. The van der Waals surface area contributed by atoms with Gasteiger partial charge in [-0.25, -0.2) is 8.78 Å². The number of halogens is 4. The average Bonchev–Trinajstić information content (AvgIpc) is 2.63. The molecule has 0 aromatic carbocycles. The van der Waals surface area contributed by atoms with Gasteiger partial charge in [0.2, 0.25) is 0 Å². The molecule has 1 heterocycles. The zero-order valence-electron chi connectivity index (χ0n) is 9.43. The number of hydrogen-bond donors (Lipinski definition) is 1. The Morgan fingerprint density at radius 2 is 2.11 bits per heavy atom. The number of alkyl halides is 4. The fourth-order valence-corrected chi connectivity index (χ4v) is 1.07. The van der Waals surface area contributed by atoms with Crippen LogP contribution in [0.4, 0.5) is 17.6 Å². The zero-order valence-corrected chi connectivity index (χ0v) is 9.43. The van der Waals surface area contributed by atoms with Crippen molar-refractivity contribution in [3.05, 3.63) is 5.82 Å². The molecule has 1 unspecified atom stereocenters. The van der Waals surface area contributed by atoms with E-state index in [1.54, 1.807) is 0 Å². The van der Waals surface area contributed by atoms with Gasteiger partial charge in [0.15, 0.2) is 5.82 Å². The molecule has 6 nitrogen and oxygen atoms in total. The molecule has 104 valence electrons. The third-order valence-corrected chi connectivity index (χ3v) is 1.89. The highest BCUT2D eigenvalue weighted by atomic mass is 19.3. The Hall–Kier alpha value is -1.29. The third-order valence-electron chi connectivity index (χ3n) is 1.89. The smallest absolute Gasteiger partial charge is 0.330 e. The van der Waals surface area contributed by atoms with Gasteiger partial charge >= 0.3 is 12.3 Å². The number of nitrogens with zero attached hydrogens (tertiary/aromatic N) is 4. The minimum absolute atomic E-state index is 0.0614. The first-order chi connectivity index (χ1) is 8.31. The van der Waals surface area contributed by atoms with Gasteiger partial charge in [-0.15, -0.1) is 10.2 Å². The number of aliphatic hydroxyl groups excluding tert-OH is 1. The Balaban J connectivity index is 2.27. The fourth-order valence-electron chi connectivity index (χ4n) is 1.07. The van der Waals surface area contributed by atoms with Gasteiger partial charge < -0.3 is 9.84 Å². The summed E-state index contributed by atoms with van der Waals surface area (Å²) in [6.07, 6.45) is -5.02. The van der Waals surface area contributed by atoms with E-state index >= 15 is 0 Å². The van der Waals surface area contributed by atoms with Gasteiger partial charge in [-0.3, -0.25) is 0 Å². The summed E-state index contributed by atoms with van der Waals surface area (Å²) < 4.78 is 52.7. The van der Waals surface area contributed by atoms with E-state index in [0.29, 0.717) is 0 Å². The van der Waals surface area contributed by atoms with Crippen LogP contribution >= 0.6 is 0 Å². The highest BCUT2D eigenvalue weighted by molar-refractivity contribution is 4.80. The van der Waals surface area contributed by atoms with E-state index in [9.17, 15) is 22.7 Å². The maximum absolute atomic E-state index is 12.4. The normalized spacial score (nSPS) is 14.2. The van der Waals surface area contributed by atoms with Gasteiger partial charge in [-0.05, 0) is 5.21 Å². The van der Waals surface area contributed by atoms with Gasteiger partial charge in [-0.2, -0.15) is 13.6 Å². The Labute approximate surface area is 99.5 Å². The number of ether oxygens (including phenoxy) is 1. The zero-order chi connectivity index (χ0) is 13.8. The molecule has 10 heteroatoms. The summed E-state index contributed by atoms with van der Waals surface area (Å²) in [5, 5.41) is 20.2. The number of aliphatic hydroxyl groups is 1. The van der Waals surface area contributed by atoms with Crippen molar-refractivity contribution in [1.29, 1.82) is 0 Å². The maximum Gasteiger partial charge on any atom is 0.330 e. The maximum atomic E-state index is 12.4. The lowest BCUT2D eigenvalue weighted by Gasteiger charge is -2.16. The van der Waals surface area contributed by atoms with Crippen LogP contribution < -0.4 is 0 Å². The number of tetrazole rings is 1. The molecule has 0 aliphatic heterocycles. The van der Waals surface area contributed by atoms with Crippen LogP contribution in [-0.2, 0) is 18.2 Å². The van der Waals surface area contributed by atoms with E-state index in [2.05, 4.69) is 20.1 Å². The SMILES string of the molecule is Cn1nnc(CC(O)COCC(F)(F)C(F)F)n1. The summed E-state index contributed by atoms with van der Waals surface area (Å²) in [6, 6.07) is 0. The summed E-state index contributed by atoms with van der Waals surface area (Å²) in [6.45, 7) is -1.96. The van der Waals surface area contributed by atoms with Crippen LogP contribution in [0.3, 0.4) is 0 Å². The molecule has 0 fully saturated rings. The number of hydrogen-bond acceptors (Lipinski definition) is 5. The van der Waals surface area contributed by atoms with E-state index in [1.165, 1.54) is 7.05 Å². The topological polar surface area (TPSA) is 73.1 Å². The molecule has 1 N–H and O–H groups in total. The van der Waals surface area contributed by atoms with Crippen molar-refractivity contribution in [2.45, 2.75) is 24.9 Å². The summed E-state index contributed by atoms with van der Waals surface area (Å²) in [7, 11) is 1.52. The number of aryl methyl sites for hydroxylation is 1. The van der Waals surface area contributed by atoms with Gasteiger partial charge in [0.1, 0.15) is 6.61 Å². The Bertz CT molecular complexity index is 374. The first-order valence-electron chi connectivity index (χ1n) is 4.96. The first-order valence-corrected chi connectivity index (χ1v) is 4.96. The summed E-state index contributed by atoms with van der Waals surface area (Å²) in [4.78, 5) is 1.16. The van der Waals surface area contributed by atoms with E-state index < -0.39 is 31.7 Å². The second kappa shape index (κ2) is 6.05. The van der Waals surface area contributed by atoms with Gasteiger partial charge in [0.25, 0.3) is 0 Å². The Kier molecular flexibility index (Phi) is 4.96. The van der Waals surface area contributed by atoms with Crippen molar-refractivity contribution in [2.75, 3.05) is 13.2 Å². The molecule has 1 atom stereocenters. The Morgan fingerprint density at radius 3 is 2.61 bits per heavy atom. The standard InChI is InChI=1S/C8H12F4N4O2/c1-16-14-6(13-15-16)2-5(17)3-18-4-8(11,12)7(9)10/h5,7,17H,2-4H2,1H3. The minimum Gasteiger partial charge on any atom is -0.390 e. The van der Waals surface area contributed by atoms with E-state index in [4.69, 9.17) is 0 Å². The largest absolute Gasteiger partial charge is 0.390 e. The molecule has 0 amide bonds. The minimum atomic E-state index is -4.22. The van der Waals surface area contributed by atoms with E-state index in [1.807, 2.05) is 0 Å². The number of rotatable bonds is 7. The van der Waals surface area contributed by atoms with Crippen molar-refractivity contribution in [3.63, 3.8) is 0 Å². The van der Waals surface area contributed by atoms with Crippen LogP contribution in [0.15, 0.2) is 0 Å². The average molecular weight is 272 g/mol. The molecule has 0 radical (unpaired) electrons. The highest BCUT2D eigenvalue weighted by Crippen LogP contribution is 2.22. The first kappa shape index (κ1) is 14.8. The predicted octanol–water partition coefficient (Wildman–Crippen LogP) is 0.0305. The second-order valence-corrected chi connectivity index (χ2v) is 3.63. The monoisotopic (exact) mass is 272 g/mol. The van der Waals surface area contributed by atoms with Crippen LogP contribution in [-0.4, -0.2) is 57.0 Å².